The van der Waals surface area contributed by atoms with E-state index in [0.717, 1.165) is 73.6 Å². The quantitative estimate of drug-likeness (QED) is 0.118. The van der Waals surface area contributed by atoms with Gasteiger partial charge in [-0.1, -0.05) is 49.3 Å². The van der Waals surface area contributed by atoms with Gasteiger partial charge in [-0.15, -0.1) is 0 Å². The topological polar surface area (TPSA) is 0 Å². The molecule has 0 aliphatic heterocycles. The van der Waals surface area contributed by atoms with Gasteiger partial charge in [0.05, 0.1) is 11.1 Å². The largest absolute Gasteiger partial charge is 0.458 e. The van der Waals surface area contributed by atoms with Crippen molar-refractivity contribution in [2.45, 2.75) is 45.2 Å². The third kappa shape index (κ3) is 6.77. The zero-order valence-electron chi connectivity index (χ0n) is 23.1. The molecule has 0 radical (unpaired) electrons. The van der Waals surface area contributed by atoms with Gasteiger partial charge in [-0.25, -0.2) is 22.0 Å². The molecule has 8 heteroatoms. The molecule has 222 valence electrons. The first-order valence-corrected chi connectivity index (χ1v) is 13.9. The molecule has 0 spiro atoms. The van der Waals surface area contributed by atoms with E-state index in [1.807, 2.05) is 0 Å². The predicted octanol–water partition coefficient (Wildman–Crippen LogP) is 10.7. The van der Waals surface area contributed by atoms with E-state index in [1.165, 1.54) is 18.1 Å². The summed E-state index contributed by atoms with van der Waals surface area (Å²) in [5.74, 6) is -2.01. The van der Waals surface area contributed by atoms with Crippen LogP contribution in [-0.4, -0.2) is 6.18 Å². The number of hydrogen-bond acceptors (Lipinski definition) is 0. The van der Waals surface area contributed by atoms with Crippen molar-refractivity contribution in [2.24, 2.45) is 11.8 Å². The Morgan fingerprint density at radius 1 is 0.744 bits per heavy atom. The summed E-state index contributed by atoms with van der Waals surface area (Å²) < 4.78 is 112. The lowest BCUT2D eigenvalue weighted by molar-refractivity contribution is -0.0696. The zero-order chi connectivity index (χ0) is 30.9. The molecule has 43 heavy (non-hydrogen) atoms. The van der Waals surface area contributed by atoms with Gasteiger partial charge in [0.1, 0.15) is 29.1 Å². The Balaban J connectivity index is 1.39. The highest BCUT2D eigenvalue weighted by Gasteiger charge is 2.24. The van der Waals surface area contributed by atoms with Gasteiger partial charge < -0.3 is 0 Å². The number of allylic oxidation sites excluding steroid dienone is 2. The maximum Gasteiger partial charge on any atom is 0.458 e. The Labute approximate surface area is 244 Å². The molecule has 4 aromatic carbocycles. The van der Waals surface area contributed by atoms with E-state index in [-0.39, 0.29) is 27.5 Å². The maximum atomic E-state index is 15.3. The number of aryl methyl sites for hydroxylation is 1. The van der Waals surface area contributed by atoms with Crippen molar-refractivity contribution in [3.05, 3.63) is 107 Å². The molecule has 0 saturated heterocycles. The minimum Gasteiger partial charge on any atom is -0.206 e. The second kappa shape index (κ2) is 12.2. The number of benzene rings is 4. The van der Waals surface area contributed by atoms with Crippen LogP contribution in [0, 0.1) is 52.8 Å². The van der Waals surface area contributed by atoms with E-state index in [9.17, 15) is 22.0 Å². The number of rotatable bonds is 6. The Bertz CT molecular complexity index is 1750. The maximum absolute atomic E-state index is 15.3. The second-order valence-corrected chi connectivity index (χ2v) is 10.8. The van der Waals surface area contributed by atoms with Crippen LogP contribution < -0.4 is 0 Å². The Morgan fingerprint density at radius 3 is 2.07 bits per heavy atom. The van der Waals surface area contributed by atoms with E-state index in [2.05, 4.69) is 19.1 Å². The van der Waals surface area contributed by atoms with Gasteiger partial charge in [-0.2, -0.15) is 13.2 Å². The monoisotopic (exact) mass is 598 g/mol. The molecular weight excluding hydrogens is 572 g/mol. The zero-order valence-corrected chi connectivity index (χ0v) is 23.1. The number of fused-ring (bicyclic) bond motifs is 1. The highest BCUT2D eigenvalue weighted by Crippen LogP contribution is 2.35. The van der Waals surface area contributed by atoms with Gasteiger partial charge in [0.15, 0.2) is 0 Å². The van der Waals surface area contributed by atoms with Crippen LogP contribution in [0.1, 0.15) is 43.7 Å². The summed E-state index contributed by atoms with van der Waals surface area (Å²) in [7, 11) is 0. The third-order valence-electron chi connectivity index (χ3n) is 7.92. The number of hydrogen-bond donors (Lipinski definition) is 0. The van der Waals surface area contributed by atoms with Crippen LogP contribution in [0.4, 0.5) is 35.1 Å². The smallest absolute Gasteiger partial charge is 0.206 e. The highest BCUT2D eigenvalue weighted by molar-refractivity contribution is 5.89. The van der Waals surface area contributed by atoms with Crippen LogP contribution >= 0.6 is 0 Å². The molecular formula is C35H26F8. The fourth-order valence-electron chi connectivity index (χ4n) is 5.55. The molecule has 4 aromatic rings. The van der Waals surface area contributed by atoms with Crippen LogP contribution in [-0.2, 0) is 6.42 Å². The summed E-state index contributed by atoms with van der Waals surface area (Å²) in [4.78, 5) is 0. The fraction of sp³-hybridized carbons (Fsp3) is 0.257. The summed E-state index contributed by atoms with van der Waals surface area (Å²) in [5, 5.41) is -0.413. The van der Waals surface area contributed by atoms with Crippen molar-refractivity contribution in [3.63, 3.8) is 0 Å². The molecule has 1 aliphatic rings. The van der Waals surface area contributed by atoms with Crippen molar-refractivity contribution >= 4 is 10.8 Å². The van der Waals surface area contributed by atoms with Crippen LogP contribution in [0.2, 0.25) is 0 Å². The standard InChI is InChI=1S/C35H26F8/c1-2-20-3-5-21(6-4-20)7-8-22-9-11-26(29(36)15-22)25-18-31(38)33(32(39)19-25)23-10-12-27-24(16-23)17-30(37)28(34(27)40)13-14-35(41,42)43/h3,5,9-12,15-21H,2,4,6-8H2,1H3. The molecule has 2 unspecified atom stereocenters. The fourth-order valence-corrected chi connectivity index (χ4v) is 5.55. The molecule has 1 aliphatic carbocycles. The molecule has 0 saturated carbocycles. The third-order valence-corrected chi connectivity index (χ3v) is 7.92. The average molecular weight is 599 g/mol. The van der Waals surface area contributed by atoms with E-state index in [4.69, 9.17) is 0 Å². The van der Waals surface area contributed by atoms with Gasteiger partial charge >= 0.3 is 6.18 Å². The van der Waals surface area contributed by atoms with Gasteiger partial charge in [0.2, 0.25) is 0 Å². The first kappa shape index (κ1) is 30.3. The molecule has 0 fully saturated rings. The first-order chi connectivity index (χ1) is 20.4. The molecule has 2 atom stereocenters. The van der Waals surface area contributed by atoms with Crippen LogP contribution in [0.25, 0.3) is 33.0 Å². The second-order valence-electron chi connectivity index (χ2n) is 10.8. The summed E-state index contributed by atoms with van der Waals surface area (Å²) in [6.07, 6.45) is 4.46. The molecule has 0 N–H and O–H groups in total. The first-order valence-electron chi connectivity index (χ1n) is 13.9. The van der Waals surface area contributed by atoms with Gasteiger partial charge in [-0.05, 0) is 96.3 Å². The summed E-state index contributed by atoms with van der Waals surface area (Å²) >= 11 is 0. The SMILES string of the molecule is CCC1C=CC(CCc2ccc(-c3cc(F)c(-c4ccc5c(F)c(C#CC(F)(F)F)c(F)cc5c4)c(F)c3)c(F)c2)CC1. The van der Waals surface area contributed by atoms with Crippen molar-refractivity contribution in [2.75, 3.05) is 0 Å². The molecule has 0 aromatic heterocycles. The van der Waals surface area contributed by atoms with Crippen molar-refractivity contribution in [1.29, 1.82) is 0 Å². The lowest BCUT2D eigenvalue weighted by atomic mass is 9.84. The van der Waals surface area contributed by atoms with E-state index >= 15 is 13.2 Å². The minimum atomic E-state index is -4.95. The molecule has 5 rings (SSSR count). The lowest BCUT2D eigenvalue weighted by Gasteiger charge is -2.21. The Hall–Kier alpha value is -4.12. The van der Waals surface area contributed by atoms with Crippen molar-refractivity contribution in [1.82, 2.24) is 0 Å². The lowest BCUT2D eigenvalue weighted by Crippen LogP contribution is -2.09. The van der Waals surface area contributed by atoms with Gasteiger partial charge in [0.25, 0.3) is 0 Å². The molecule has 0 nitrogen and oxygen atoms in total. The molecule has 0 amide bonds. The van der Waals surface area contributed by atoms with E-state index in [0.29, 0.717) is 18.3 Å². The summed E-state index contributed by atoms with van der Waals surface area (Å²) in [6.45, 7) is 2.17. The number of alkyl halides is 3. The van der Waals surface area contributed by atoms with Crippen LogP contribution in [0.3, 0.4) is 0 Å². The van der Waals surface area contributed by atoms with Crippen LogP contribution in [0.5, 0.6) is 0 Å². The van der Waals surface area contributed by atoms with Crippen LogP contribution in [0.15, 0.2) is 66.7 Å². The number of halogens is 8. The average Bonchev–Trinajstić information content (AvgIpc) is 2.95. The normalized spacial score (nSPS) is 16.8. The van der Waals surface area contributed by atoms with Gasteiger partial charge in [-0.3, -0.25) is 0 Å². The summed E-state index contributed by atoms with van der Waals surface area (Å²) in [6, 6.07) is 10.7. The Kier molecular flexibility index (Phi) is 8.64. The van der Waals surface area contributed by atoms with E-state index < -0.39 is 46.4 Å². The molecule has 0 bridgehead atoms. The molecule has 0 heterocycles. The highest BCUT2D eigenvalue weighted by atomic mass is 19.4. The Morgan fingerprint density at radius 2 is 1.44 bits per heavy atom. The van der Waals surface area contributed by atoms with Crippen molar-refractivity contribution in [3.8, 4) is 34.1 Å². The van der Waals surface area contributed by atoms with E-state index in [1.54, 1.807) is 6.07 Å². The predicted molar refractivity (Wildman–Crippen MR) is 152 cm³/mol. The van der Waals surface area contributed by atoms with Crippen molar-refractivity contribution < 1.29 is 35.1 Å². The van der Waals surface area contributed by atoms with Gasteiger partial charge in [0, 0.05) is 16.9 Å². The minimum absolute atomic E-state index is 0.0191. The summed E-state index contributed by atoms with van der Waals surface area (Å²) in [5.41, 5.74) is -0.854.